The Kier molecular flexibility index (Phi) is 4.59. The molecule has 0 aliphatic heterocycles. The smallest absolute Gasteiger partial charge is 0.330 e. The molecule has 0 aliphatic rings. The van der Waals surface area contributed by atoms with E-state index in [0.717, 1.165) is 18.8 Å². The molecule has 0 unspecified atom stereocenters. The third-order valence-electron chi connectivity index (χ3n) is 1.44. The molecule has 0 spiro atoms. The van der Waals surface area contributed by atoms with Crippen LogP contribution in [0, 0.1) is 5.92 Å². The molecule has 0 aromatic rings. The van der Waals surface area contributed by atoms with Crippen LogP contribution >= 0.6 is 0 Å². The highest BCUT2D eigenvalue weighted by atomic mass is 16.4. The van der Waals surface area contributed by atoms with Gasteiger partial charge < -0.3 is 5.11 Å². The first kappa shape index (κ1) is 10.2. The topological polar surface area (TPSA) is 37.3 Å². The van der Waals surface area contributed by atoms with Gasteiger partial charge in [0.05, 0.1) is 0 Å². The molecule has 63 valence electrons. The van der Waals surface area contributed by atoms with Gasteiger partial charge in [0.15, 0.2) is 0 Å². The predicted molar refractivity (Wildman–Crippen MR) is 45.2 cm³/mol. The number of hydrogen-bond donors (Lipinski definition) is 1. The third-order valence-corrected chi connectivity index (χ3v) is 1.44. The minimum absolute atomic E-state index is 0.413. The summed E-state index contributed by atoms with van der Waals surface area (Å²) in [6, 6.07) is 0. The van der Waals surface area contributed by atoms with Crippen molar-refractivity contribution in [1.29, 1.82) is 0 Å². The summed E-state index contributed by atoms with van der Waals surface area (Å²) >= 11 is 0. The Bertz CT molecular complexity index is 159. The highest BCUT2D eigenvalue weighted by molar-refractivity contribution is 5.86. The monoisotopic (exact) mass is 155 g/mol. The fourth-order valence-electron chi connectivity index (χ4n) is 0.898. The van der Waals surface area contributed by atoms with Crippen molar-refractivity contribution >= 4 is 5.97 Å². The zero-order valence-electron chi connectivity index (χ0n) is 7.35. The highest BCUT2D eigenvalue weighted by Gasteiger charge is 2.02. The number of hydrogen-bond acceptors (Lipinski definition) is 1. The Morgan fingerprint density at radius 3 is 2.36 bits per heavy atom. The van der Waals surface area contributed by atoms with E-state index in [1.807, 2.05) is 6.92 Å². The van der Waals surface area contributed by atoms with E-state index in [0.29, 0.717) is 5.57 Å². The summed E-state index contributed by atoms with van der Waals surface area (Å²) < 4.78 is 0. The van der Waals surface area contributed by atoms with Crippen LogP contribution in [-0.2, 0) is 4.79 Å². The Morgan fingerprint density at radius 1 is 1.45 bits per heavy atom. The van der Waals surface area contributed by atoms with Crippen molar-refractivity contribution in [2.45, 2.75) is 33.6 Å². The van der Waals surface area contributed by atoms with Gasteiger partial charge >= 0.3 is 5.97 Å². The SMILES string of the molecule is CCC[C](C)C=C(C)C(=O)O. The zero-order valence-corrected chi connectivity index (χ0v) is 7.35. The van der Waals surface area contributed by atoms with E-state index in [1.165, 1.54) is 0 Å². The Balaban J connectivity index is 3.96. The van der Waals surface area contributed by atoms with Gasteiger partial charge in [-0.1, -0.05) is 26.3 Å². The van der Waals surface area contributed by atoms with Crippen molar-refractivity contribution in [1.82, 2.24) is 0 Å². The molecule has 1 radical (unpaired) electrons. The quantitative estimate of drug-likeness (QED) is 0.633. The molecule has 0 atom stereocenters. The van der Waals surface area contributed by atoms with Gasteiger partial charge in [0.25, 0.3) is 0 Å². The molecule has 2 heteroatoms. The normalized spacial score (nSPS) is 12.2. The van der Waals surface area contributed by atoms with E-state index >= 15 is 0 Å². The van der Waals surface area contributed by atoms with Crippen molar-refractivity contribution in [2.75, 3.05) is 0 Å². The maximum Gasteiger partial charge on any atom is 0.330 e. The fourth-order valence-corrected chi connectivity index (χ4v) is 0.898. The molecule has 0 aliphatic carbocycles. The van der Waals surface area contributed by atoms with Crippen LogP contribution in [0.2, 0.25) is 0 Å². The first-order valence-electron chi connectivity index (χ1n) is 3.82. The van der Waals surface area contributed by atoms with Crippen LogP contribution in [-0.4, -0.2) is 11.1 Å². The lowest BCUT2D eigenvalue weighted by atomic mass is 10.0. The summed E-state index contributed by atoms with van der Waals surface area (Å²) in [5.41, 5.74) is 0.413. The second-order valence-corrected chi connectivity index (χ2v) is 2.73. The van der Waals surface area contributed by atoms with Crippen LogP contribution < -0.4 is 0 Å². The molecule has 0 fully saturated rings. The van der Waals surface area contributed by atoms with E-state index in [9.17, 15) is 4.79 Å². The third kappa shape index (κ3) is 4.59. The summed E-state index contributed by atoms with van der Waals surface area (Å²) in [6.07, 6.45) is 3.77. The number of carbonyl (C=O) groups is 1. The molecule has 0 saturated carbocycles. The van der Waals surface area contributed by atoms with Crippen molar-refractivity contribution in [3.8, 4) is 0 Å². The van der Waals surface area contributed by atoms with E-state index in [2.05, 4.69) is 6.92 Å². The van der Waals surface area contributed by atoms with Crippen LogP contribution in [0.4, 0.5) is 0 Å². The number of carboxylic acids is 1. The van der Waals surface area contributed by atoms with Crippen LogP contribution in [0.1, 0.15) is 33.6 Å². The summed E-state index contributed by atoms with van der Waals surface area (Å²) in [7, 11) is 0. The van der Waals surface area contributed by atoms with Crippen molar-refractivity contribution < 1.29 is 9.90 Å². The zero-order chi connectivity index (χ0) is 8.85. The molecule has 0 aromatic carbocycles. The summed E-state index contributed by atoms with van der Waals surface area (Å²) in [6.45, 7) is 5.64. The fraction of sp³-hybridized carbons (Fsp3) is 0.556. The first-order chi connectivity index (χ1) is 5.07. The van der Waals surface area contributed by atoms with Gasteiger partial charge in [0.2, 0.25) is 0 Å². The molecule has 0 heterocycles. The van der Waals surface area contributed by atoms with E-state index in [4.69, 9.17) is 5.11 Å². The number of carboxylic acid groups (broad SMARTS) is 1. The summed E-state index contributed by atoms with van der Waals surface area (Å²) in [5, 5.41) is 8.52. The largest absolute Gasteiger partial charge is 0.478 e. The highest BCUT2D eigenvalue weighted by Crippen LogP contribution is 2.11. The molecular formula is C9H15O2. The molecule has 0 rings (SSSR count). The number of rotatable bonds is 4. The van der Waals surface area contributed by atoms with Gasteiger partial charge in [-0.25, -0.2) is 4.79 Å². The summed E-state index contributed by atoms with van der Waals surface area (Å²) in [5.74, 6) is 0.299. The van der Waals surface area contributed by atoms with Crippen LogP contribution in [0.3, 0.4) is 0 Å². The first-order valence-corrected chi connectivity index (χ1v) is 3.82. The molecular weight excluding hydrogens is 140 g/mol. The molecule has 0 aromatic heterocycles. The Labute approximate surface area is 67.9 Å². The maximum absolute atomic E-state index is 10.4. The second kappa shape index (κ2) is 4.94. The van der Waals surface area contributed by atoms with E-state index in [1.54, 1.807) is 13.0 Å². The number of aliphatic carboxylic acids is 1. The van der Waals surface area contributed by atoms with Gasteiger partial charge in [0, 0.05) is 5.57 Å². The Hall–Kier alpha value is -0.790. The van der Waals surface area contributed by atoms with Gasteiger partial charge in [-0.15, -0.1) is 0 Å². The van der Waals surface area contributed by atoms with Gasteiger partial charge in [-0.05, 0) is 19.3 Å². The predicted octanol–water partition coefficient (Wildman–Crippen LogP) is 2.41. The lowest BCUT2D eigenvalue weighted by molar-refractivity contribution is -0.132. The lowest BCUT2D eigenvalue weighted by Crippen LogP contribution is -1.98. The second-order valence-electron chi connectivity index (χ2n) is 2.73. The standard InChI is InChI=1S/C9H15O2/c1-4-5-7(2)6-8(3)9(10)11/h6H,4-5H2,1-3H3,(H,10,11). The van der Waals surface area contributed by atoms with Gasteiger partial charge in [-0.2, -0.15) is 0 Å². The lowest BCUT2D eigenvalue weighted by Gasteiger charge is -2.02. The molecule has 0 bridgehead atoms. The average molecular weight is 155 g/mol. The van der Waals surface area contributed by atoms with Crippen molar-refractivity contribution in [3.63, 3.8) is 0 Å². The van der Waals surface area contributed by atoms with Crippen LogP contribution in [0.15, 0.2) is 11.6 Å². The van der Waals surface area contributed by atoms with Crippen molar-refractivity contribution in [2.24, 2.45) is 0 Å². The molecule has 11 heavy (non-hydrogen) atoms. The Morgan fingerprint density at radius 2 is 2.00 bits per heavy atom. The van der Waals surface area contributed by atoms with E-state index < -0.39 is 5.97 Å². The van der Waals surface area contributed by atoms with Crippen LogP contribution in [0.25, 0.3) is 0 Å². The minimum atomic E-state index is -0.833. The minimum Gasteiger partial charge on any atom is -0.478 e. The average Bonchev–Trinajstić information content (AvgIpc) is 1.87. The van der Waals surface area contributed by atoms with Crippen molar-refractivity contribution in [3.05, 3.63) is 17.6 Å². The number of allylic oxidation sites excluding steroid dienone is 1. The summed E-state index contributed by atoms with van der Waals surface area (Å²) in [4.78, 5) is 10.4. The maximum atomic E-state index is 10.4. The van der Waals surface area contributed by atoms with Gasteiger partial charge in [0.1, 0.15) is 0 Å². The van der Waals surface area contributed by atoms with Gasteiger partial charge in [-0.3, -0.25) is 0 Å². The van der Waals surface area contributed by atoms with E-state index in [-0.39, 0.29) is 0 Å². The molecule has 2 nitrogen and oxygen atoms in total. The molecule has 0 saturated heterocycles. The molecule has 1 N–H and O–H groups in total. The molecule has 0 amide bonds. The van der Waals surface area contributed by atoms with Crippen LogP contribution in [0.5, 0.6) is 0 Å².